The van der Waals surface area contributed by atoms with E-state index < -0.39 is 0 Å². The number of nitrogens with zero attached hydrogens (tertiary/aromatic N) is 4. The van der Waals surface area contributed by atoms with E-state index in [1.165, 1.54) is 5.56 Å². The fourth-order valence-corrected chi connectivity index (χ4v) is 3.67. The first-order valence-corrected chi connectivity index (χ1v) is 9.94. The second-order valence-electron chi connectivity index (χ2n) is 7.23. The molecule has 144 valence electrons. The van der Waals surface area contributed by atoms with Crippen molar-refractivity contribution in [3.63, 3.8) is 0 Å². The molecule has 0 radical (unpaired) electrons. The van der Waals surface area contributed by atoms with Gasteiger partial charge in [-0.05, 0) is 18.9 Å². The van der Waals surface area contributed by atoms with Crippen molar-refractivity contribution in [1.82, 2.24) is 20.0 Å². The van der Waals surface area contributed by atoms with Crippen molar-refractivity contribution < 1.29 is 5.11 Å². The molecule has 2 aliphatic rings. The Labute approximate surface area is 157 Å². The van der Waals surface area contributed by atoms with Gasteiger partial charge in [0.15, 0.2) is 5.96 Å². The lowest BCUT2D eigenvalue weighted by Gasteiger charge is -2.34. The van der Waals surface area contributed by atoms with E-state index in [0.717, 1.165) is 71.3 Å². The molecule has 1 aromatic rings. The van der Waals surface area contributed by atoms with Crippen LogP contribution in [-0.4, -0.2) is 90.8 Å². The molecule has 2 N–H and O–H groups in total. The zero-order valence-corrected chi connectivity index (χ0v) is 16.0. The van der Waals surface area contributed by atoms with Crippen molar-refractivity contribution in [3.8, 4) is 0 Å². The van der Waals surface area contributed by atoms with Crippen molar-refractivity contribution in [2.24, 2.45) is 4.99 Å². The van der Waals surface area contributed by atoms with E-state index in [-0.39, 0.29) is 6.10 Å². The van der Waals surface area contributed by atoms with Crippen molar-refractivity contribution >= 4 is 5.96 Å². The van der Waals surface area contributed by atoms with Crippen molar-refractivity contribution in [1.29, 1.82) is 0 Å². The average Bonchev–Trinajstić information content (AvgIpc) is 3.09. The number of aliphatic imine (C=N–C) groups is 1. The number of hydrogen-bond acceptors (Lipinski definition) is 4. The molecule has 2 aliphatic heterocycles. The predicted octanol–water partition coefficient (Wildman–Crippen LogP) is 0.836. The quantitative estimate of drug-likeness (QED) is 0.582. The number of aliphatic hydroxyl groups is 1. The lowest BCUT2D eigenvalue weighted by atomic mass is 10.2. The number of benzene rings is 1. The van der Waals surface area contributed by atoms with Crippen LogP contribution < -0.4 is 5.32 Å². The number of β-amino-alcohol motifs (C(OH)–C–C–N with tert-alkyl or cyclic N) is 1. The highest BCUT2D eigenvalue weighted by atomic mass is 16.3. The summed E-state index contributed by atoms with van der Waals surface area (Å²) in [4.78, 5) is 12.0. The zero-order valence-electron chi connectivity index (χ0n) is 16.0. The molecule has 3 rings (SSSR count). The number of piperazine rings is 1. The van der Waals surface area contributed by atoms with E-state index in [9.17, 15) is 5.11 Å². The highest BCUT2D eigenvalue weighted by Crippen LogP contribution is 2.10. The standard InChI is InChI=1S/C20H33N5O/c1-2-21-20(25-10-8-19(26)17-25)22-9-11-23-12-14-24(15-13-23)16-18-6-4-3-5-7-18/h3-7,19,26H,2,8-17H2,1H3,(H,21,22)/t19-/m1/s1. The Hall–Kier alpha value is -1.63. The van der Waals surface area contributed by atoms with Gasteiger partial charge in [0, 0.05) is 58.9 Å². The van der Waals surface area contributed by atoms with Crippen LogP contribution in [0, 0.1) is 0 Å². The van der Waals surface area contributed by atoms with Gasteiger partial charge in [-0.25, -0.2) is 0 Å². The normalized spacial score (nSPS) is 22.8. The van der Waals surface area contributed by atoms with Crippen LogP contribution in [0.25, 0.3) is 0 Å². The van der Waals surface area contributed by atoms with Crippen LogP contribution in [0.5, 0.6) is 0 Å². The summed E-state index contributed by atoms with van der Waals surface area (Å²) >= 11 is 0. The smallest absolute Gasteiger partial charge is 0.194 e. The van der Waals surface area contributed by atoms with Gasteiger partial charge in [-0.1, -0.05) is 30.3 Å². The van der Waals surface area contributed by atoms with Crippen molar-refractivity contribution in [3.05, 3.63) is 35.9 Å². The van der Waals surface area contributed by atoms with E-state index in [1.807, 2.05) is 0 Å². The van der Waals surface area contributed by atoms with Gasteiger partial charge in [-0.3, -0.25) is 14.8 Å². The number of aliphatic hydroxyl groups excluding tert-OH is 1. The van der Waals surface area contributed by atoms with Crippen LogP contribution in [-0.2, 0) is 6.54 Å². The maximum Gasteiger partial charge on any atom is 0.194 e. The molecule has 1 atom stereocenters. The number of rotatable bonds is 6. The largest absolute Gasteiger partial charge is 0.391 e. The van der Waals surface area contributed by atoms with E-state index in [0.29, 0.717) is 6.54 Å². The van der Waals surface area contributed by atoms with Gasteiger partial charge < -0.3 is 15.3 Å². The highest BCUT2D eigenvalue weighted by Gasteiger charge is 2.23. The third-order valence-electron chi connectivity index (χ3n) is 5.19. The summed E-state index contributed by atoms with van der Waals surface area (Å²) in [7, 11) is 0. The Balaban J connectivity index is 1.39. The van der Waals surface area contributed by atoms with Gasteiger partial charge in [0.2, 0.25) is 0 Å². The second-order valence-corrected chi connectivity index (χ2v) is 7.23. The molecule has 0 saturated carbocycles. The average molecular weight is 360 g/mol. The maximum atomic E-state index is 9.74. The number of guanidine groups is 1. The monoisotopic (exact) mass is 359 g/mol. The molecule has 0 aromatic heterocycles. The van der Waals surface area contributed by atoms with Gasteiger partial charge in [0.05, 0.1) is 12.6 Å². The maximum absolute atomic E-state index is 9.74. The Bertz CT molecular complexity index is 557. The minimum absolute atomic E-state index is 0.212. The van der Waals surface area contributed by atoms with E-state index >= 15 is 0 Å². The first-order chi connectivity index (χ1) is 12.7. The lowest BCUT2D eigenvalue weighted by Crippen LogP contribution is -2.47. The Morgan fingerprint density at radius 2 is 1.85 bits per heavy atom. The molecular formula is C20H33N5O. The van der Waals surface area contributed by atoms with Gasteiger partial charge >= 0.3 is 0 Å². The molecule has 0 spiro atoms. The van der Waals surface area contributed by atoms with Crippen LogP contribution in [0.2, 0.25) is 0 Å². The highest BCUT2D eigenvalue weighted by molar-refractivity contribution is 5.80. The molecule has 0 bridgehead atoms. The van der Waals surface area contributed by atoms with Gasteiger partial charge in [-0.2, -0.15) is 0 Å². The summed E-state index contributed by atoms with van der Waals surface area (Å²) in [5.74, 6) is 0.951. The van der Waals surface area contributed by atoms with E-state index in [4.69, 9.17) is 4.99 Å². The molecule has 0 unspecified atom stereocenters. The summed E-state index contributed by atoms with van der Waals surface area (Å²) in [5.41, 5.74) is 1.40. The second kappa shape index (κ2) is 9.90. The molecule has 6 heteroatoms. The van der Waals surface area contributed by atoms with Crippen LogP contribution in [0.3, 0.4) is 0 Å². The van der Waals surface area contributed by atoms with E-state index in [1.54, 1.807) is 0 Å². The first-order valence-electron chi connectivity index (χ1n) is 9.94. The van der Waals surface area contributed by atoms with Crippen molar-refractivity contribution in [2.75, 3.05) is 58.9 Å². The van der Waals surface area contributed by atoms with Gasteiger partial charge in [0.1, 0.15) is 0 Å². The molecule has 0 aliphatic carbocycles. The molecule has 2 fully saturated rings. The van der Waals surface area contributed by atoms with Crippen LogP contribution in [0.15, 0.2) is 35.3 Å². The molecule has 2 heterocycles. The summed E-state index contributed by atoms with van der Waals surface area (Å²) in [5, 5.41) is 13.1. The third kappa shape index (κ3) is 5.69. The van der Waals surface area contributed by atoms with E-state index in [2.05, 4.69) is 57.3 Å². The summed E-state index contributed by atoms with van der Waals surface area (Å²) in [6.07, 6.45) is 0.630. The van der Waals surface area contributed by atoms with Gasteiger partial charge in [-0.15, -0.1) is 0 Å². The molecule has 2 saturated heterocycles. The lowest BCUT2D eigenvalue weighted by molar-refractivity contribution is 0.130. The fraction of sp³-hybridized carbons (Fsp3) is 0.650. The van der Waals surface area contributed by atoms with Crippen LogP contribution in [0.4, 0.5) is 0 Å². The summed E-state index contributed by atoms with van der Waals surface area (Å²) in [6.45, 7) is 11.9. The third-order valence-corrected chi connectivity index (χ3v) is 5.19. The minimum Gasteiger partial charge on any atom is -0.391 e. The Morgan fingerprint density at radius 3 is 2.50 bits per heavy atom. The van der Waals surface area contributed by atoms with Gasteiger partial charge in [0.25, 0.3) is 0 Å². The molecule has 1 aromatic carbocycles. The van der Waals surface area contributed by atoms with Crippen molar-refractivity contribution in [2.45, 2.75) is 26.0 Å². The zero-order chi connectivity index (χ0) is 18.2. The van der Waals surface area contributed by atoms with Crippen LogP contribution >= 0.6 is 0 Å². The Kier molecular flexibility index (Phi) is 7.29. The number of nitrogens with one attached hydrogen (secondary N) is 1. The number of hydrogen-bond donors (Lipinski definition) is 2. The molecule has 0 amide bonds. The Morgan fingerprint density at radius 1 is 1.12 bits per heavy atom. The fourth-order valence-electron chi connectivity index (χ4n) is 3.67. The molecule has 26 heavy (non-hydrogen) atoms. The summed E-state index contributed by atoms with van der Waals surface area (Å²) in [6, 6.07) is 10.7. The summed E-state index contributed by atoms with van der Waals surface area (Å²) < 4.78 is 0. The number of likely N-dealkylation sites (tertiary alicyclic amines) is 1. The molecular weight excluding hydrogens is 326 g/mol. The molecule has 6 nitrogen and oxygen atoms in total. The first kappa shape index (κ1) is 19.1. The topological polar surface area (TPSA) is 54.3 Å². The minimum atomic E-state index is -0.212. The predicted molar refractivity (Wildman–Crippen MR) is 106 cm³/mol. The van der Waals surface area contributed by atoms with Crippen LogP contribution in [0.1, 0.15) is 18.9 Å². The SMILES string of the molecule is CCNC(=NCCN1CCN(Cc2ccccc2)CC1)N1CC[C@@H](O)C1.